The third-order valence-electron chi connectivity index (χ3n) is 6.02. The van der Waals surface area contributed by atoms with Crippen molar-refractivity contribution in [2.45, 2.75) is 44.1 Å². The number of carbonyl (C=O) groups is 1. The fraction of sp³-hybridized carbons (Fsp3) is 0.650. The van der Waals surface area contributed by atoms with Crippen LogP contribution in [-0.2, 0) is 6.54 Å². The summed E-state index contributed by atoms with van der Waals surface area (Å²) in [6.45, 7) is -1.70. The van der Waals surface area contributed by atoms with E-state index >= 15 is 0 Å². The molecule has 0 aromatic heterocycles. The molecule has 1 amide bonds. The van der Waals surface area contributed by atoms with Crippen LogP contribution in [0.3, 0.4) is 0 Å². The van der Waals surface area contributed by atoms with E-state index in [1.54, 1.807) is 4.90 Å². The van der Waals surface area contributed by atoms with Crippen LogP contribution in [0.1, 0.15) is 18.4 Å². The van der Waals surface area contributed by atoms with Gasteiger partial charge in [0.15, 0.2) is 5.92 Å². The standard InChI is InChI=1S/C20H22F9N3O3/c21-18(22,23)16(19(24,25)26)14-11-32(17(33)34)8-7-31(14)10-12-3-4-13(30-5-1-2-6-30)9-15(12)35-20(27,28)29/h3-4,9,14,16H,1-2,5-8,10-11H2,(H,33,34). The summed E-state index contributed by atoms with van der Waals surface area (Å²) in [7, 11) is 0. The minimum Gasteiger partial charge on any atom is -0.465 e. The molecule has 35 heavy (non-hydrogen) atoms. The van der Waals surface area contributed by atoms with E-state index in [-0.39, 0.29) is 5.56 Å². The number of hydrogen-bond acceptors (Lipinski definition) is 4. The normalized spacial score (nSPS) is 20.6. The maximum absolute atomic E-state index is 13.5. The van der Waals surface area contributed by atoms with Gasteiger partial charge in [-0.1, -0.05) is 6.07 Å². The van der Waals surface area contributed by atoms with Gasteiger partial charge in [-0.3, -0.25) is 4.90 Å². The Morgan fingerprint density at radius 3 is 2.09 bits per heavy atom. The molecule has 1 aromatic carbocycles. The summed E-state index contributed by atoms with van der Waals surface area (Å²) in [5.74, 6) is -4.65. The Morgan fingerprint density at radius 1 is 0.971 bits per heavy atom. The van der Waals surface area contributed by atoms with Gasteiger partial charge in [0.25, 0.3) is 0 Å². The summed E-state index contributed by atoms with van der Waals surface area (Å²) in [5, 5.41) is 9.12. The molecule has 1 N–H and O–H groups in total. The van der Waals surface area contributed by atoms with E-state index in [1.807, 2.05) is 0 Å². The lowest BCUT2D eigenvalue weighted by atomic mass is 9.93. The predicted molar refractivity (Wildman–Crippen MR) is 104 cm³/mol. The van der Waals surface area contributed by atoms with Crippen molar-refractivity contribution in [3.05, 3.63) is 23.8 Å². The van der Waals surface area contributed by atoms with E-state index < -0.39 is 68.7 Å². The molecular weight excluding hydrogens is 501 g/mol. The number of rotatable bonds is 5. The molecule has 0 saturated carbocycles. The molecule has 2 aliphatic rings. The van der Waals surface area contributed by atoms with Gasteiger partial charge in [-0.15, -0.1) is 13.2 Å². The zero-order valence-corrected chi connectivity index (χ0v) is 18.1. The summed E-state index contributed by atoms with van der Waals surface area (Å²) < 4.78 is 124. The van der Waals surface area contributed by atoms with Gasteiger partial charge in [0.05, 0.1) is 0 Å². The van der Waals surface area contributed by atoms with Crippen molar-refractivity contribution in [1.82, 2.24) is 9.80 Å². The number of anilines is 1. The molecule has 6 nitrogen and oxygen atoms in total. The first kappa shape index (κ1) is 27.0. The summed E-state index contributed by atoms with van der Waals surface area (Å²) in [6, 6.07) is 1.25. The average Bonchev–Trinajstić information content (AvgIpc) is 3.21. The number of ether oxygens (including phenoxy) is 1. The average molecular weight is 523 g/mol. The monoisotopic (exact) mass is 523 g/mol. The topological polar surface area (TPSA) is 56.2 Å². The summed E-state index contributed by atoms with van der Waals surface area (Å²) in [5.41, 5.74) is 0.100. The molecule has 1 atom stereocenters. The van der Waals surface area contributed by atoms with Crippen LogP contribution in [0, 0.1) is 5.92 Å². The van der Waals surface area contributed by atoms with Crippen molar-refractivity contribution in [2.75, 3.05) is 37.6 Å². The number of alkyl halides is 9. The number of piperazine rings is 1. The van der Waals surface area contributed by atoms with E-state index in [9.17, 15) is 44.3 Å². The lowest BCUT2D eigenvalue weighted by molar-refractivity contribution is -0.302. The SMILES string of the molecule is O=C(O)N1CCN(Cc2ccc(N3CCCC3)cc2OC(F)(F)F)C(C(C(F)(F)F)C(F)(F)F)C1. The molecule has 15 heteroatoms. The van der Waals surface area contributed by atoms with E-state index in [2.05, 4.69) is 4.74 Å². The maximum Gasteiger partial charge on any atom is 0.573 e. The van der Waals surface area contributed by atoms with Crippen LogP contribution in [0.15, 0.2) is 18.2 Å². The summed E-state index contributed by atoms with van der Waals surface area (Å²) in [4.78, 5) is 14.2. The number of amides is 1. The minimum absolute atomic E-state index is 0.276. The molecule has 0 spiro atoms. The van der Waals surface area contributed by atoms with Crippen molar-refractivity contribution >= 4 is 11.8 Å². The smallest absolute Gasteiger partial charge is 0.465 e. The van der Waals surface area contributed by atoms with Gasteiger partial charge in [0.2, 0.25) is 0 Å². The Balaban J connectivity index is 1.97. The first-order valence-electron chi connectivity index (χ1n) is 10.6. The third-order valence-corrected chi connectivity index (χ3v) is 6.02. The largest absolute Gasteiger partial charge is 0.573 e. The number of benzene rings is 1. The number of halogens is 9. The molecule has 0 aliphatic carbocycles. The van der Waals surface area contributed by atoms with Crippen LogP contribution in [-0.4, -0.2) is 78.5 Å². The molecule has 2 aliphatic heterocycles. The van der Waals surface area contributed by atoms with Crippen LogP contribution in [0.5, 0.6) is 5.75 Å². The zero-order valence-electron chi connectivity index (χ0n) is 18.1. The highest BCUT2D eigenvalue weighted by molar-refractivity contribution is 5.65. The predicted octanol–water partition coefficient (Wildman–Crippen LogP) is 5.09. The van der Waals surface area contributed by atoms with Crippen molar-refractivity contribution < 1.29 is 54.2 Å². The van der Waals surface area contributed by atoms with Crippen molar-refractivity contribution in [3.63, 3.8) is 0 Å². The van der Waals surface area contributed by atoms with E-state index in [0.29, 0.717) is 28.6 Å². The van der Waals surface area contributed by atoms with Crippen LogP contribution >= 0.6 is 0 Å². The second-order valence-electron chi connectivity index (χ2n) is 8.36. The number of hydrogen-bond donors (Lipinski definition) is 1. The fourth-order valence-electron chi connectivity index (χ4n) is 4.44. The maximum atomic E-state index is 13.5. The highest BCUT2D eigenvalue weighted by Crippen LogP contribution is 2.44. The Labute approximate surface area is 193 Å². The van der Waals surface area contributed by atoms with E-state index in [0.717, 1.165) is 18.9 Å². The fourth-order valence-corrected chi connectivity index (χ4v) is 4.44. The molecule has 0 bridgehead atoms. The van der Waals surface area contributed by atoms with Gasteiger partial charge in [-0.05, 0) is 18.9 Å². The molecule has 0 radical (unpaired) electrons. The first-order valence-corrected chi connectivity index (χ1v) is 10.6. The summed E-state index contributed by atoms with van der Waals surface area (Å²) >= 11 is 0. The van der Waals surface area contributed by atoms with Gasteiger partial charge in [-0.25, -0.2) is 4.79 Å². The number of nitrogens with zero attached hydrogens (tertiary/aromatic N) is 3. The molecule has 2 saturated heterocycles. The van der Waals surface area contributed by atoms with Gasteiger partial charge in [0.1, 0.15) is 5.75 Å². The Morgan fingerprint density at radius 2 is 1.57 bits per heavy atom. The minimum atomic E-state index is -5.77. The molecule has 1 aromatic rings. The van der Waals surface area contributed by atoms with E-state index in [1.165, 1.54) is 12.1 Å². The zero-order chi connectivity index (χ0) is 26.2. The van der Waals surface area contributed by atoms with E-state index in [4.69, 9.17) is 5.11 Å². The second-order valence-corrected chi connectivity index (χ2v) is 8.36. The summed E-state index contributed by atoms with van der Waals surface area (Å²) in [6.07, 6.45) is -16.8. The highest BCUT2D eigenvalue weighted by Gasteiger charge is 2.62. The van der Waals surface area contributed by atoms with Crippen LogP contribution in [0.2, 0.25) is 0 Å². The van der Waals surface area contributed by atoms with Gasteiger partial charge < -0.3 is 19.6 Å². The van der Waals surface area contributed by atoms with Crippen LogP contribution < -0.4 is 9.64 Å². The lowest BCUT2D eigenvalue weighted by Gasteiger charge is -2.44. The number of carboxylic acid groups (broad SMARTS) is 1. The highest BCUT2D eigenvalue weighted by atomic mass is 19.4. The van der Waals surface area contributed by atoms with Crippen LogP contribution in [0.4, 0.5) is 50.0 Å². The van der Waals surface area contributed by atoms with Gasteiger partial charge >= 0.3 is 24.8 Å². The third kappa shape index (κ3) is 6.76. The van der Waals surface area contributed by atoms with Gasteiger partial charge in [0, 0.05) is 62.6 Å². The quantitative estimate of drug-likeness (QED) is 0.545. The molecule has 2 fully saturated rings. The van der Waals surface area contributed by atoms with Gasteiger partial charge in [-0.2, -0.15) is 26.3 Å². The molecule has 198 valence electrons. The molecular formula is C20H22F9N3O3. The van der Waals surface area contributed by atoms with Crippen molar-refractivity contribution in [2.24, 2.45) is 5.92 Å². The van der Waals surface area contributed by atoms with Crippen molar-refractivity contribution in [3.8, 4) is 5.75 Å². The second kappa shape index (κ2) is 9.82. The Kier molecular flexibility index (Phi) is 7.58. The molecule has 1 unspecified atom stereocenters. The lowest BCUT2D eigenvalue weighted by Crippen LogP contribution is -2.62. The molecule has 3 rings (SSSR count). The Bertz CT molecular complexity index is 885. The Hall–Kier alpha value is -2.58. The molecule has 2 heterocycles. The van der Waals surface area contributed by atoms with Crippen molar-refractivity contribution in [1.29, 1.82) is 0 Å². The first-order chi connectivity index (χ1) is 16.1. The van der Waals surface area contributed by atoms with Crippen LogP contribution in [0.25, 0.3) is 0 Å².